The number of ether oxygens (including phenoxy) is 2. The first kappa shape index (κ1) is 46.8. The number of hydrogen-bond acceptors (Lipinski definition) is 9. The minimum absolute atomic E-state index is 0.0259. The fourth-order valence-electron chi connectivity index (χ4n) is 7.96. The first-order chi connectivity index (χ1) is 25.2. The Hall–Kier alpha value is -3.39. The summed E-state index contributed by atoms with van der Waals surface area (Å²) in [6.45, 7) is 17.1. The van der Waals surface area contributed by atoms with Crippen LogP contribution in [0.25, 0.3) is 0 Å². The highest BCUT2D eigenvalue weighted by Crippen LogP contribution is 2.30. The van der Waals surface area contributed by atoms with Gasteiger partial charge in [0.2, 0.25) is 23.6 Å². The van der Waals surface area contributed by atoms with Crippen LogP contribution < -0.4 is 10.6 Å². The fourth-order valence-corrected chi connectivity index (χ4v) is 7.96. The second-order valence-electron chi connectivity index (χ2n) is 16.1. The molecule has 1 aliphatic heterocycles. The van der Waals surface area contributed by atoms with Crippen molar-refractivity contribution >= 4 is 29.4 Å². The van der Waals surface area contributed by atoms with Gasteiger partial charge in [0.05, 0.1) is 55.3 Å². The first-order valence-electron chi connectivity index (χ1n) is 19.4. The molecule has 0 aromatic heterocycles. The Balaban J connectivity index is 2.28. The van der Waals surface area contributed by atoms with Gasteiger partial charge in [0.25, 0.3) is 0 Å². The molecule has 1 heterocycles. The van der Waals surface area contributed by atoms with E-state index in [1.54, 1.807) is 29.8 Å². The van der Waals surface area contributed by atoms with E-state index in [0.717, 1.165) is 11.1 Å². The van der Waals surface area contributed by atoms with E-state index in [1.165, 1.54) is 14.2 Å². The molecule has 54 heavy (non-hydrogen) atoms. The first-order valence-corrected chi connectivity index (χ1v) is 19.4. The van der Waals surface area contributed by atoms with Crippen LogP contribution in [0, 0.1) is 37.5 Å². The standard InChI is InChI=1S/C41H69N5O8/c1-15-26(7)37(45(12)41(52)35(23(2)3)43-40(51)36(24(4)5)44(10)11)33(53-13)20-34(49)46-22-29(47)19-31(46)38(54-14)28(9)39(50)42-21-32(48)30-17-16-25(6)18-27(30)8/h16-18,23-24,26,28-29,31,33,35-38,47H,15,19-22H2,1-14H3,(H,42,50)(H,43,51)/t26-,28+,29-,31-,33+,35-,36?,37?,38+/m0/s1. The number of nitrogens with zero attached hydrogens (tertiary/aromatic N) is 3. The van der Waals surface area contributed by atoms with Crippen molar-refractivity contribution < 1.29 is 38.6 Å². The summed E-state index contributed by atoms with van der Waals surface area (Å²) in [4.78, 5) is 73.1. The largest absolute Gasteiger partial charge is 0.391 e. The molecule has 1 aromatic rings. The highest BCUT2D eigenvalue weighted by atomic mass is 16.5. The molecule has 1 fully saturated rings. The number of rotatable bonds is 20. The molecule has 0 radical (unpaired) electrons. The van der Waals surface area contributed by atoms with Gasteiger partial charge in [0.1, 0.15) is 6.04 Å². The van der Waals surface area contributed by atoms with Crippen molar-refractivity contribution in [1.82, 2.24) is 25.3 Å². The number of methoxy groups -OCH3 is 2. The van der Waals surface area contributed by atoms with Crippen LogP contribution in [0.4, 0.5) is 0 Å². The molecule has 3 N–H and O–H groups in total. The van der Waals surface area contributed by atoms with Gasteiger partial charge in [0.15, 0.2) is 5.78 Å². The number of nitrogens with one attached hydrogen (secondary N) is 2. The lowest BCUT2D eigenvalue weighted by Gasteiger charge is -2.41. The van der Waals surface area contributed by atoms with Gasteiger partial charge in [-0.05, 0) is 57.7 Å². The lowest BCUT2D eigenvalue weighted by Crippen LogP contribution is -2.59. The third-order valence-electron chi connectivity index (χ3n) is 11.1. The lowest BCUT2D eigenvalue weighted by molar-refractivity contribution is -0.148. The molecule has 4 amide bonds. The van der Waals surface area contributed by atoms with Crippen molar-refractivity contribution in [2.45, 2.75) is 124 Å². The Bertz CT molecular complexity index is 1430. The van der Waals surface area contributed by atoms with E-state index in [-0.39, 0.29) is 67.2 Å². The van der Waals surface area contributed by atoms with Gasteiger partial charge in [-0.3, -0.25) is 28.9 Å². The van der Waals surface area contributed by atoms with Crippen molar-refractivity contribution in [3.05, 3.63) is 34.9 Å². The average molecular weight is 760 g/mol. The van der Waals surface area contributed by atoms with Crippen molar-refractivity contribution in [2.75, 3.05) is 48.5 Å². The van der Waals surface area contributed by atoms with E-state index in [2.05, 4.69) is 10.6 Å². The number of β-amino-alcohol motifs (C(OH)–C–C–N with tert-alkyl or cyclic N) is 1. The monoisotopic (exact) mass is 760 g/mol. The molecule has 13 nitrogen and oxygen atoms in total. The van der Waals surface area contributed by atoms with E-state index in [4.69, 9.17) is 9.47 Å². The smallest absolute Gasteiger partial charge is 0.245 e. The molecule has 2 unspecified atom stereocenters. The van der Waals surface area contributed by atoms with Gasteiger partial charge in [-0.1, -0.05) is 78.6 Å². The van der Waals surface area contributed by atoms with E-state index >= 15 is 0 Å². The number of benzene rings is 1. The third-order valence-corrected chi connectivity index (χ3v) is 11.1. The van der Waals surface area contributed by atoms with Crippen LogP contribution in [-0.4, -0.2) is 140 Å². The number of Topliss-reactive ketones (excluding diaryl/α,β-unsaturated/α-hetero) is 1. The number of hydrogen-bond donors (Lipinski definition) is 3. The van der Waals surface area contributed by atoms with Crippen molar-refractivity contribution in [2.24, 2.45) is 23.7 Å². The molecule has 306 valence electrons. The SMILES string of the molecule is CC[C@H](C)C([C@@H](CC(=O)N1C[C@@H](O)C[C@H]1[C@H](OC)[C@@H](C)C(=O)NCC(=O)c1ccc(C)cc1C)OC)N(C)C(=O)[C@@H](NC(=O)C(C(C)C)N(C)C)C(C)C. The lowest BCUT2D eigenvalue weighted by atomic mass is 9.89. The molecule has 0 bridgehead atoms. The zero-order valence-electron chi connectivity index (χ0n) is 35.3. The van der Waals surface area contributed by atoms with Crippen LogP contribution in [-0.2, 0) is 28.7 Å². The molecule has 0 spiro atoms. The summed E-state index contributed by atoms with van der Waals surface area (Å²) in [5.41, 5.74) is 2.41. The maximum Gasteiger partial charge on any atom is 0.245 e. The van der Waals surface area contributed by atoms with Gasteiger partial charge < -0.3 is 35.0 Å². The second-order valence-corrected chi connectivity index (χ2v) is 16.1. The number of ketones is 1. The van der Waals surface area contributed by atoms with E-state index < -0.39 is 54.3 Å². The van der Waals surface area contributed by atoms with Crippen LogP contribution >= 0.6 is 0 Å². The molecule has 9 atom stereocenters. The summed E-state index contributed by atoms with van der Waals surface area (Å²) in [7, 11) is 8.35. The number of aryl methyl sites for hydroxylation is 2. The van der Waals surface area contributed by atoms with Gasteiger partial charge in [0, 0.05) is 33.4 Å². The number of carbonyl (C=O) groups is 5. The Morgan fingerprint density at radius 2 is 1.57 bits per heavy atom. The van der Waals surface area contributed by atoms with E-state index in [1.807, 2.05) is 86.5 Å². The van der Waals surface area contributed by atoms with Crippen LogP contribution in [0.2, 0.25) is 0 Å². The van der Waals surface area contributed by atoms with E-state index in [9.17, 15) is 29.1 Å². The predicted octanol–water partition coefficient (Wildman–Crippen LogP) is 3.22. The number of aliphatic hydroxyl groups is 1. The maximum absolute atomic E-state index is 14.2. The summed E-state index contributed by atoms with van der Waals surface area (Å²) in [5, 5.41) is 16.5. The zero-order valence-corrected chi connectivity index (χ0v) is 35.3. The quantitative estimate of drug-likeness (QED) is 0.170. The number of likely N-dealkylation sites (tertiary alicyclic amines) is 1. The maximum atomic E-state index is 14.2. The van der Waals surface area contributed by atoms with Gasteiger partial charge in [-0.25, -0.2) is 0 Å². The number of likely N-dealkylation sites (N-methyl/N-ethyl adjacent to an activating group) is 2. The van der Waals surface area contributed by atoms with Crippen LogP contribution in [0.15, 0.2) is 18.2 Å². The van der Waals surface area contributed by atoms with Crippen molar-refractivity contribution in [3.63, 3.8) is 0 Å². The van der Waals surface area contributed by atoms with Crippen molar-refractivity contribution in [1.29, 1.82) is 0 Å². The number of aliphatic hydroxyl groups excluding tert-OH is 1. The molecule has 1 aromatic carbocycles. The third kappa shape index (κ3) is 11.8. The van der Waals surface area contributed by atoms with Crippen LogP contribution in [0.5, 0.6) is 0 Å². The van der Waals surface area contributed by atoms with Gasteiger partial charge in [-0.2, -0.15) is 0 Å². The zero-order chi connectivity index (χ0) is 41.2. The van der Waals surface area contributed by atoms with Crippen molar-refractivity contribution in [3.8, 4) is 0 Å². The highest BCUT2D eigenvalue weighted by molar-refractivity contribution is 6.00. The summed E-state index contributed by atoms with van der Waals surface area (Å²) in [5.74, 6) is -2.44. The Kier molecular flexibility index (Phi) is 18.2. The number of carbonyl (C=O) groups excluding carboxylic acids is 5. The second kappa shape index (κ2) is 21.1. The minimum Gasteiger partial charge on any atom is -0.391 e. The van der Waals surface area contributed by atoms with Crippen LogP contribution in [0.3, 0.4) is 0 Å². The summed E-state index contributed by atoms with van der Waals surface area (Å²) in [6, 6.07) is 3.17. The Labute approximate surface area is 323 Å². The Morgan fingerprint density at radius 3 is 2.07 bits per heavy atom. The fraction of sp³-hybridized carbons (Fsp3) is 0.732. The topological polar surface area (TPSA) is 158 Å². The molecular formula is C41H69N5O8. The molecule has 1 aliphatic rings. The predicted molar refractivity (Wildman–Crippen MR) is 210 cm³/mol. The highest BCUT2D eigenvalue weighted by Gasteiger charge is 2.45. The molecule has 2 rings (SSSR count). The van der Waals surface area contributed by atoms with E-state index in [0.29, 0.717) is 12.0 Å². The summed E-state index contributed by atoms with van der Waals surface area (Å²) < 4.78 is 11.8. The molecular weight excluding hydrogens is 690 g/mol. The minimum atomic E-state index is -0.833. The molecule has 0 aliphatic carbocycles. The Morgan fingerprint density at radius 1 is 0.944 bits per heavy atom. The number of amides is 4. The van der Waals surface area contributed by atoms with Crippen LogP contribution in [0.1, 0.15) is 89.2 Å². The summed E-state index contributed by atoms with van der Waals surface area (Å²) >= 11 is 0. The molecule has 0 saturated carbocycles. The summed E-state index contributed by atoms with van der Waals surface area (Å²) in [6.07, 6.45) is -1.52. The average Bonchev–Trinajstić information content (AvgIpc) is 3.49. The molecule has 1 saturated heterocycles. The molecule has 13 heteroatoms. The normalized spacial score (nSPS) is 19.9. The van der Waals surface area contributed by atoms with Gasteiger partial charge in [-0.15, -0.1) is 0 Å². The van der Waals surface area contributed by atoms with Gasteiger partial charge >= 0.3 is 0 Å².